The Bertz CT molecular complexity index is 1370. The molecular formula is C24H20N3O3+. The number of nitro groups is 1. The van der Waals surface area contributed by atoms with Crippen molar-refractivity contribution in [3.8, 4) is 0 Å². The second-order valence-corrected chi connectivity index (χ2v) is 7.49. The first-order valence-electron chi connectivity index (χ1n) is 9.79. The zero-order valence-corrected chi connectivity index (χ0v) is 16.4. The number of hydrogen-bond acceptors (Lipinski definition) is 3. The van der Waals surface area contributed by atoms with Crippen molar-refractivity contribution in [3.05, 3.63) is 107 Å². The Balaban J connectivity index is 1.40. The molecule has 148 valence electrons. The minimum atomic E-state index is -0.380. The lowest BCUT2D eigenvalue weighted by molar-refractivity contribution is -0.687. The zero-order chi connectivity index (χ0) is 20.7. The van der Waals surface area contributed by atoms with Gasteiger partial charge in [-0.15, -0.1) is 0 Å². The SMILES string of the molecule is CC(c1ccc2oc3ccccc3c2c1)n1cc[n+](Cc2ccc([N+](=O)[O-])cc2)c1. The van der Waals surface area contributed by atoms with E-state index in [2.05, 4.69) is 40.6 Å². The molecule has 0 spiro atoms. The molecule has 0 saturated carbocycles. The Labute approximate surface area is 172 Å². The fourth-order valence-electron chi connectivity index (χ4n) is 3.84. The van der Waals surface area contributed by atoms with Crippen molar-refractivity contribution in [2.45, 2.75) is 19.5 Å². The third-order valence-corrected chi connectivity index (χ3v) is 5.55. The van der Waals surface area contributed by atoms with Crippen LogP contribution in [0.4, 0.5) is 5.69 Å². The molecule has 2 heterocycles. The molecule has 0 N–H and O–H groups in total. The van der Waals surface area contributed by atoms with Gasteiger partial charge in [0.1, 0.15) is 36.1 Å². The minimum absolute atomic E-state index is 0.108. The molecule has 0 aliphatic rings. The van der Waals surface area contributed by atoms with Gasteiger partial charge in [-0.2, -0.15) is 0 Å². The van der Waals surface area contributed by atoms with Gasteiger partial charge in [0, 0.05) is 22.9 Å². The van der Waals surface area contributed by atoms with E-state index in [1.54, 1.807) is 24.3 Å². The molecule has 3 aromatic carbocycles. The quantitative estimate of drug-likeness (QED) is 0.231. The van der Waals surface area contributed by atoms with E-state index in [-0.39, 0.29) is 16.7 Å². The zero-order valence-electron chi connectivity index (χ0n) is 16.4. The summed E-state index contributed by atoms with van der Waals surface area (Å²) in [6.07, 6.45) is 6.13. The minimum Gasteiger partial charge on any atom is -0.456 e. The third kappa shape index (κ3) is 3.22. The first-order chi connectivity index (χ1) is 14.6. The summed E-state index contributed by atoms with van der Waals surface area (Å²) >= 11 is 0. The number of nitro benzene ring substituents is 1. The molecule has 0 radical (unpaired) electrons. The number of aromatic nitrogens is 2. The fourth-order valence-corrected chi connectivity index (χ4v) is 3.84. The molecular weight excluding hydrogens is 378 g/mol. The highest BCUT2D eigenvalue weighted by atomic mass is 16.6. The maximum Gasteiger partial charge on any atom is 0.269 e. The Hall–Kier alpha value is -3.93. The molecule has 5 aromatic rings. The van der Waals surface area contributed by atoms with Crippen LogP contribution in [0.3, 0.4) is 0 Å². The van der Waals surface area contributed by atoms with E-state index in [0.29, 0.717) is 6.54 Å². The molecule has 0 bridgehead atoms. The lowest BCUT2D eigenvalue weighted by atomic mass is 10.0. The standard InChI is InChI=1S/C24H20N3O3/c1-17(19-8-11-24-22(14-19)21-4-2-3-5-23(21)30-24)26-13-12-25(16-26)15-18-6-9-20(10-7-18)27(28)29/h2-14,16-17H,15H2,1H3/q+1. The maximum absolute atomic E-state index is 10.8. The van der Waals surface area contributed by atoms with Gasteiger partial charge in [0.05, 0.1) is 4.92 Å². The summed E-state index contributed by atoms with van der Waals surface area (Å²) in [7, 11) is 0. The summed E-state index contributed by atoms with van der Waals surface area (Å²) in [4.78, 5) is 10.4. The number of benzene rings is 3. The van der Waals surface area contributed by atoms with E-state index in [1.165, 1.54) is 5.56 Å². The number of nitrogens with zero attached hydrogens (tertiary/aromatic N) is 3. The van der Waals surface area contributed by atoms with Crippen LogP contribution in [0.2, 0.25) is 0 Å². The van der Waals surface area contributed by atoms with Gasteiger partial charge in [-0.1, -0.05) is 24.3 Å². The van der Waals surface area contributed by atoms with Gasteiger partial charge in [-0.25, -0.2) is 9.13 Å². The second-order valence-electron chi connectivity index (χ2n) is 7.49. The number of para-hydroxylation sites is 1. The van der Waals surface area contributed by atoms with Crippen LogP contribution in [-0.2, 0) is 6.54 Å². The van der Waals surface area contributed by atoms with E-state index in [9.17, 15) is 10.1 Å². The maximum atomic E-state index is 10.8. The van der Waals surface area contributed by atoms with Gasteiger partial charge in [-0.05, 0) is 48.4 Å². The monoisotopic (exact) mass is 398 g/mol. The Morgan fingerprint density at radius 1 is 1.03 bits per heavy atom. The van der Waals surface area contributed by atoms with E-state index < -0.39 is 0 Å². The topological polar surface area (TPSA) is 65.1 Å². The second kappa shape index (κ2) is 7.15. The van der Waals surface area contributed by atoms with Gasteiger partial charge in [0.2, 0.25) is 6.33 Å². The van der Waals surface area contributed by atoms with E-state index in [1.807, 2.05) is 36.7 Å². The van der Waals surface area contributed by atoms with E-state index in [4.69, 9.17) is 4.42 Å². The van der Waals surface area contributed by atoms with Crippen molar-refractivity contribution in [2.24, 2.45) is 0 Å². The number of hydrogen-bond donors (Lipinski definition) is 0. The number of non-ortho nitro benzene ring substituents is 1. The number of imidazole rings is 1. The third-order valence-electron chi connectivity index (χ3n) is 5.55. The summed E-state index contributed by atoms with van der Waals surface area (Å²) in [6.45, 7) is 2.82. The number of fused-ring (bicyclic) bond motifs is 3. The molecule has 0 aliphatic heterocycles. The lowest BCUT2D eigenvalue weighted by Crippen LogP contribution is -2.31. The summed E-state index contributed by atoms with van der Waals surface area (Å²) in [5.41, 5.74) is 4.12. The highest BCUT2D eigenvalue weighted by Gasteiger charge is 2.17. The predicted molar refractivity (Wildman–Crippen MR) is 114 cm³/mol. The Kier molecular flexibility index (Phi) is 4.32. The van der Waals surface area contributed by atoms with Gasteiger partial charge in [0.25, 0.3) is 5.69 Å². The van der Waals surface area contributed by atoms with Gasteiger partial charge in [0.15, 0.2) is 0 Å². The first kappa shape index (κ1) is 18.1. The molecule has 0 amide bonds. The highest BCUT2D eigenvalue weighted by molar-refractivity contribution is 6.05. The molecule has 0 saturated heterocycles. The van der Waals surface area contributed by atoms with Crippen LogP contribution in [0.15, 0.2) is 89.9 Å². The average molecular weight is 398 g/mol. The summed E-state index contributed by atoms with van der Waals surface area (Å²) in [5.74, 6) is 0. The van der Waals surface area contributed by atoms with Gasteiger partial charge in [-0.3, -0.25) is 10.1 Å². The van der Waals surface area contributed by atoms with Crippen molar-refractivity contribution in [1.29, 1.82) is 0 Å². The molecule has 0 fully saturated rings. The Morgan fingerprint density at radius 3 is 2.60 bits per heavy atom. The molecule has 2 aromatic heterocycles. The van der Waals surface area contributed by atoms with Crippen molar-refractivity contribution in [3.63, 3.8) is 0 Å². The molecule has 0 aliphatic carbocycles. The van der Waals surface area contributed by atoms with Crippen LogP contribution in [0.1, 0.15) is 24.1 Å². The van der Waals surface area contributed by atoms with E-state index in [0.717, 1.165) is 27.5 Å². The van der Waals surface area contributed by atoms with Crippen LogP contribution >= 0.6 is 0 Å². The largest absolute Gasteiger partial charge is 0.456 e. The molecule has 6 nitrogen and oxygen atoms in total. The van der Waals surface area contributed by atoms with Crippen molar-refractivity contribution < 1.29 is 13.9 Å². The molecule has 30 heavy (non-hydrogen) atoms. The van der Waals surface area contributed by atoms with Crippen molar-refractivity contribution in [1.82, 2.24) is 4.57 Å². The van der Waals surface area contributed by atoms with Crippen LogP contribution in [-0.4, -0.2) is 9.49 Å². The van der Waals surface area contributed by atoms with Crippen molar-refractivity contribution >= 4 is 27.6 Å². The highest BCUT2D eigenvalue weighted by Crippen LogP contribution is 2.31. The smallest absolute Gasteiger partial charge is 0.269 e. The van der Waals surface area contributed by atoms with Crippen LogP contribution < -0.4 is 4.57 Å². The molecule has 1 unspecified atom stereocenters. The van der Waals surface area contributed by atoms with E-state index >= 15 is 0 Å². The molecule has 1 atom stereocenters. The van der Waals surface area contributed by atoms with Crippen LogP contribution in [0.25, 0.3) is 21.9 Å². The van der Waals surface area contributed by atoms with Crippen LogP contribution in [0, 0.1) is 10.1 Å². The van der Waals surface area contributed by atoms with Crippen molar-refractivity contribution in [2.75, 3.05) is 0 Å². The number of rotatable bonds is 5. The predicted octanol–water partition coefficient (Wildman–Crippen LogP) is 5.24. The fraction of sp³-hybridized carbons (Fsp3) is 0.125. The van der Waals surface area contributed by atoms with Gasteiger partial charge < -0.3 is 4.42 Å². The first-order valence-corrected chi connectivity index (χ1v) is 9.79. The summed E-state index contributed by atoms with van der Waals surface area (Å²) in [5, 5.41) is 13.1. The average Bonchev–Trinajstić information content (AvgIpc) is 3.37. The lowest BCUT2D eigenvalue weighted by Gasteiger charge is -2.08. The van der Waals surface area contributed by atoms with Crippen LogP contribution in [0.5, 0.6) is 0 Å². The number of furan rings is 1. The summed E-state index contributed by atoms with van der Waals surface area (Å²) in [6, 6.07) is 21.3. The van der Waals surface area contributed by atoms with Gasteiger partial charge >= 0.3 is 0 Å². The summed E-state index contributed by atoms with van der Waals surface area (Å²) < 4.78 is 10.2. The molecule has 5 rings (SSSR count). The normalized spacial score (nSPS) is 12.4. The Morgan fingerprint density at radius 2 is 1.80 bits per heavy atom. The molecule has 6 heteroatoms.